The molecule has 0 saturated carbocycles. The summed E-state index contributed by atoms with van der Waals surface area (Å²) in [4.78, 5) is 0. The van der Waals surface area contributed by atoms with Crippen molar-refractivity contribution in [2.45, 2.75) is 0 Å². The second-order valence-corrected chi connectivity index (χ2v) is 3.76. The van der Waals surface area contributed by atoms with Crippen molar-refractivity contribution in [2.24, 2.45) is 0 Å². The second-order valence-electron chi connectivity index (χ2n) is 0.429. The van der Waals surface area contributed by atoms with E-state index in [4.69, 9.17) is 0 Å². The Hall–Kier alpha value is 1.56. The summed E-state index contributed by atoms with van der Waals surface area (Å²) in [5.74, 6) is 0. The van der Waals surface area contributed by atoms with Crippen LogP contribution in [0.3, 0.4) is 0 Å². The standard InChI is InChI=1S/4FH.2Pb/h4*1H;;/q;;;;;+4/p-4. The molecule has 0 aliphatic rings. The van der Waals surface area contributed by atoms with Gasteiger partial charge in [0.1, 0.15) is 0 Å². The van der Waals surface area contributed by atoms with Gasteiger partial charge in [-0.3, -0.25) is 0 Å². The number of rotatable bonds is 0. The molecule has 0 nitrogen and oxygen atoms in total. The predicted octanol–water partition coefficient (Wildman–Crippen LogP) is 0.919. The summed E-state index contributed by atoms with van der Waals surface area (Å²) in [6.45, 7) is 0. The van der Waals surface area contributed by atoms with Crippen LogP contribution in [0.2, 0.25) is 0 Å². The van der Waals surface area contributed by atoms with Gasteiger partial charge in [-0.25, -0.2) is 0 Å². The van der Waals surface area contributed by atoms with Crippen LogP contribution in [-0.2, 0) is 0 Å². The molecule has 0 N–H and O–H groups in total. The summed E-state index contributed by atoms with van der Waals surface area (Å²) in [6.07, 6.45) is 0. The van der Waals surface area contributed by atoms with E-state index in [1.165, 1.54) is 0 Å². The van der Waals surface area contributed by atoms with E-state index < -0.39 is 23.7 Å². The monoisotopic (exact) mass is 492 g/mol. The van der Waals surface area contributed by atoms with Gasteiger partial charge in [0.25, 0.3) is 0 Å². The maximum absolute atomic E-state index is 9.91. The van der Waals surface area contributed by atoms with Crippen molar-refractivity contribution in [3.8, 4) is 0 Å². The number of halogens is 4. The van der Waals surface area contributed by atoms with Gasteiger partial charge in [-0.1, -0.05) is 0 Å². The molecule has 36 valence electrons. The van der Waals surface area contributed by atoms with Gasteiger partial charge in [-0.15, -0.1) is 0 Å². The van der Waals surface area contributed by atoms with Crippen molar-refractivity contribution < 1.29 is 10.0 Å². The fraction of sp³-hybridized carbons (Fsp3) is 0. The number of hydrogen-bond donors (Lipinski definition) is 0. The van der Waals surface area contributed by atoms with E-state index in [1.807, 2.05) is 0 Å². The second kappa shape index (κ2) is 3.55. The molecule has 0 atom stereocenters. The zero-order chi connectivity index (χ0) is 4.50. The average Bonchev–Trinajstić information content (AvgIpc) is 0.722. The first-order chi connectivity index (χ1) is 2.00. The Balaban J connectivity index is 0. The molecule has 0 spiro atoms. The van der Waals surface area contributed by atoms with Crippen LogP contribution >= 0.6 is 0 Å². The Kier molecular flexibility index (Phi) is 6.23. The van der Waals surface area contributed by atoms with Crippen LogP contribution in [0.1, 0.15) is 0 Å². The molecule has 4 radical (unpaired) electrons. The van der Waals surface area contributed by atoms with Gasteiger partial charge in [0.05, 0.1) is 0 Å². The van der Waals surface area contributed by atoms with Crippen molar-refractivity contribution in [3.05, 3.63) is 0 Å². The molecule has 0 heterocycles. The molecule has 0 fully saturated rings. The molecule has 0 amide bonds. The van der Waals surface area contributed by atoms with E-state index in [0.717, 1.165) is 0 Å². The van der Waals surface area contributed by atoms with E-state index in [9.17, 15) is 10.0 Å². The molecule has 0 saturated heterocycles. The molecule has 6 heavy (non-hydrogen) atoms. The van der Waals surface area contributed by atoms with Gasteiger partial charge in [0.2, 0.25) is 0 Å². The summed E-state index contributed by atoms with van der Waals surface area (Å²) in [5.41, 5.74) is 0. The fourth-order valence-electron chi connectivity index (χ4n) is 0. The molecule has 0 aromatic rings. The first kappa shape index (κ1) is 10.5. The molecular formula is F4Pb2. The van der Waals surface area contributed by atoms with E-state index in [0.29, 0.717) is 0 Å². The van der Waals surface area contributed by atoms with Gasteiger partial charge in [-0.05, 0) is 0 Å². The first-order valence-electron chi connectivity index (χ1n) is 0.756. The van der Waals surface area contributed by atoms with E-state index in [2.05, 4.69) is 0 Å². The van der Waals surface area contributed by atoms with Gasteiger partial charge >= 0.3 is 33.7 Å². The van der Waals surface area contributed by atoms with E-state index >= 15 is 0 Å². The van der Waals surface area contributed by atoms with Gasteiger partial charge in [0.15, 0.2) is 0 Å². The average molecular weight is 490 g/mol. The molecule has 0 unspecified atom stereocenters. The van der Waals surface area contributed by atoms with Gasteiger partial charge in [0, 0.05) is 27.3 Å². The molecule has 0 aromatic carbocycles. The third kappa shape index (κ3) is 47.4. The quantitative estimate of drug-likeness (QED) is 0.350. The topological polar surface area (TPSA) is 0 Å². The Morgan fingerprint density at radius 3 is 0.833 bits per heavy atom. The van der Waals surface area contributed by atoms with Crippen molar-refractivity contribution in [3.63, 3.8) is 0 Å². The van der Waals surface area contributed by atoms with Crippen LogP contribution in [-0.4, -0.2) is 51.0 Å². The van der Waals surface area contributed by atoms with Gasteiger partial charge < -0.3 is 0 Å². The summed E-state index contributed by atoms with van der Waals surface area (Å²) in [5, 5.41) is 0. The van der Waals surface area contributed by atoms with Crippen LogP contribution in [0.25, 0.3) is 0 Å². The smallest absolute Gasteiger partial charge is 0 e. The van der Waals surface area contributed by atoms with Gasteiger partial charge in [-0.2, -0.15) is 0 Å². The predicted molar refractivity (Wildman–Crippen MR) is 15.9 cm³/mol. The Morgan fingerprint density at radius 1 is 0.833 bits per heavy atom. The minimum atomic E-state index is -7.28. The Bertz CT molecular complexity index is 21.0. The molecule has 0 aromatic heterocycles. The van der Waals surface area contributed by atoms with E-state index in [-0.39, 0.29) is 27.3 Å². The van der Waals surface area contributed by atoms with E-state index in [1.54, 1.807) is 0 Å². The third-order valence-corrected chi connectivity index (χ3v) is 0. The summed E-state index contributed by atoms with van der Waals surface area (Å²) in [7, 11) is 0. The minimum Gasteiger partial charge on any atom is 0 e. The van der Waals surface area contributed by atoms with Crippen molar-refractivity contribution in [1.82, 2.24) is 0 Å². The minimum absolute atomic E-state index is 0. The Labute approximate surface area is 60.5 Å². The SMILES string of the molecule is [F][Pb]([F])([F])[F].[Pb]. The maximum atomic E-state index is 9.91. The maximum Gasteiger partial charge on any atom is 0 e. The van der Waals surface area contributed by atoms with Crippen LogP contribution in [0.15, 0.2) is 0 Å². The summed E-state index contributed by atoms with van der Waals surface area (Å²) < 4.78 is 39.6. The largest absolute Gasteiger partial charge is 0 e. The van der Waals surface area contributed by atoms with Crippen LogP contribution in [0.5, 0.6) is 0 Å². The summed E-state index contributed by atoms with van der Waals surface area (Å²) >= 11 is -7.28. The van der Waals surface area contributed by atoms with Crippen molar-refractivity contribution >= 4 is 51.0 Å². The normalized spacial score (nSPS) is 10.0. The van der Waals surface area contributed by atoms with Crippen molar-refractivity contribution in [2.75, 3.05) is 0 Å². The molecule has 0 rings (SSSR count). The Morgan fingerprint density at radius 2 is 0.833 bits per heavy atom. The fourth-order valence-corrected chi connectivity index (χ4v) is 0. The number of hydrogen-bond acceptors (Lipinski definition) is 0. The van der Waals surface area contributed by atoms with Crippen molar-refractivity contribution in [1.29, 1.82) is 0 Å². The summed E-state index contributed by atoms with van der Waals surface area (Å²) in [6, 6.07) is 0. The zero-order valence-electron chi connectivity index (χ0n) is 2.51. The first-order valence-corrected chi connectivity index (χ1v) is 6.63. The third-order valence-electron chi connectivity index (χ3n) is 0. The molecule has 0 bridgehead atoms. The van der Waals surface area contributed by atoms with Crippen LogP contribution in [0, 0.1) is 0 Å². The molecule has 6 heteroatoms. The molecule has 0 aliphatic carbocycles. The van der Waals surface area contributed by atoms with Crippen LogP contribution in [0.4, 0.5) is 10.0 Å². The zero-order valence-corrected chi connectivity index (χ0v) is 10.3. The molecule has 0 aliphatic heterocycles. The molecular weight excluding hydrogens is 490 g/mol. The van der Waals surface area contributed by atoms with Crippen LogP contribution < -0.4 is 0 Å².